The maximum absolute atomic E-state index is 10.0. The number of carbonyl (C=O) groups is 1. The summed E-state index contributed by atoms with van der Waals surface area (Å²) < 4.78 is 0. The van der Waals surface area contributed by atoms with E-state index in [9.17, 15) is 4.79 Å². The van der Waals surface area contributed by atoms with Gasteiger partial charge in [0.25, 0.3) is 0 Å². The van der Waals surface area contributed by atoms with Crippen molar-refractivity contribution in [1.29, 1.82) is 0 Å². The minimum absolute atomic E-state index is 0.583. The van der Waals surface area contributed by atoms with Crippen LogP contribution in [0.2, 0.25) is 0 Å². The van der Waals surface area contributed by atoms with Crippen LogP contribution in [0.15, 0.2) is 11.6 Å². The van der Waals surface area contributed by atoms with Crippen LogP contribution in [0.1, 0.15) is 52.4 Å². The van der Waals surface area contributed by atoms with E-state index in [0.29, 0.717) is 6.42 Å². The van der Waals surface area contributed by atoms with E-state index in [-0.39, 0.29) is 0 Å². The molecule has 0 aromatic rings. The third-order valence-corrected chi connectivity index (χ3v) is 1.99. The molecule has 0 fully saturated rings. The Balaban J connectivity index is 3.29. The molecule has 0 saturated heterocycles. The van der Waals surface area contributed by atoms with Crippen molar-refractivity contribution in [2.75, 3.05) is 0 Å². The first kappa shape index (κ1) is 11.4. The van der Waals surface area contributed by atoms with Crippen LogP contribution in [0.4, 0.5) is 0 Å². The first-order chi connectivity index (χ1) is 5.81. The lowest BCUT2D eigenvalue weighted by molar-refractivity contribution is -0.107. The van der Waals surface area contributed by atoms with Gasteiger partial charge in [0, 0.05) is 6.42 Å². The molecule has 0 atom stereocenters. The smallest absolute Gasteiger partial charge is 0.123 e. The first-order valence-corrected chi connectivity index (χ1v) is 4.90. The molecule has 0 aliphatic rings. The predicted octanol–water partition coefficient (Wildman–Crippen LogP) is 3.49. The van der Waals surface area contributed by atoms with Gasteiger partial charge in [-0.1, -0.05) is 37.8 Å². The molecule has 0 heterocycles. The summed E-state index contributed by atoms with van der Waals surface area (Å²) in [6, 6.07) is 0. The van der Waals surface area contributed by atoms with Gasteiger partial charge in [-0.15, -0.1) is 0 Å². The standard InChI is InChI=1S/C11H20O/c1-3-4-5-6-8-11(2)9-7-10-12/h9-10H,3-8H2,1-2H3. The van der Waals surface area contributed by atoms with E-state index >= 15 is 0 Å². The van der Waals surface area contributed by atoms with Crippen LogP contribution in [0.5, 0.6) is 0 Å². The molecule has 12 heavy (non-hydrogen) atoms. The topological polar surface area (TPSA) is 17.1 Å². The van der Waals surface area contributed by atoms with Crippen LogP contribution >= 0.6 is 0 Å². The van der Waals surface area contributed by atoms with E-state index < -0.39 is 0 Å². The fraction of sp³-hybridized carbons (Fsp3) is 0.727. The van der Waals surface area contributed by atoms with Crippen LogP contribution in [-0.4, -0.2) is 6.29 Å². The van der Waals surface area contributed by atoms with Crippen molar-refractivity contribution in [3.8, 4) is 0 Å². The fourth-order valence-corrected chi connectivity index (χ4v) is 1.18. The van der Waals surface area contributed by atoms with Crippen molar-refractivity contribution in [2.24, 2.45) is 0 Å². The fourth-order valence-electron chi connectivity index (χ4n) is 1.18. The molecule has 0 rings (SSSR count). The molecule has 70 valence electrons. The van der Waals surface area contributed by atoms with Gasteiger partial charge in [-0.05, 0) is 19.8 Å². The van der Waals surface area contributed by atoms with Crippen molar-refractivity contribution < 1.29 is 4.79 Å². The summed E-state index contributed by atoms with van der Waals surface area (Å²) in [6.07, 6.45) is 9.94. The SMILES string of the molecule is CCCCCCC(C)=CCC=O. The highest BCUT2D eigenvalue weighted by molar-refractivity contribution is 5.52. The van der Waals surface area contributed by atoms with E-state index in [4.69, 9.17) is 0 Å². The molecule has 0 amide bonds. The third-order valence-electron chi connectivity index (χ3n) is 1.99. The molecule has 1 nitrogen and oxygen atoms in total. The first-order valence-electron chi connectivity index (χ1n) is 4.90. The van der Waals surface area contributed by atoms with Crippen molar-refractivity contribution in [3.05, 3.63) is 11.6 Å². The Morgan fingerprint density at radius 1 is 1.25 bits per heavy atom. The zero-order chi connectivity index (χ0) is 9.23. The van der Waals surface area contributed by atoms with Gasteiger partial charge in [0.05, 0.1) is 0 Å². The van der Waals surface area contributed by atoms with Crippen molar-refractivity contribution in [2.45, 2.75) is 52.4 Å². The lowest BCUT2D eigenvalue weighted by Gasteiger charge is -1.99. The van der Waals surface area contributed by atoms with Gasteiger partial charge in [-0.3, -0.25) is 0 Å². The zero-order valence-electron chi connectivity index (χ0n) is 8.31. The Labute approximate surface area is 75.9 Å². The van der Waals surface area contributed by atoms with Crippen molar-refractivity contribution >= 4 is 6.29 Å². The third kappa shape index (κ3) is 7.52. The quantitative estimate of drug-likeness (QED) is 0.323. The van der Waals surface area contributed by atoms with E-state index in [0.717, 1.165) is 12.7 Å². The number of allylic oxidation sites excluding steroid dienone is 2. The van der Waals surface area contributed by atoms with Crippen LogP contribution in [0, 0.1) is 0 Å². The molecular weight excluding hydrogens is 148 g/mol. The number of rotatable bonds is 7. The van der Waals surface area contributed by atoms with Gasteiger partial charge in [0.2, 0.25) is 0 Å². The van der Waals surface area contributed by atoms with Gasteiger partial charge >= 0.3 is 0 Å². The Bertz CT molecular complexity index is 136. The molecule has 0 aliphatic heterocycles. The molecule has 0 N–H and O–H groups in total. The van der Waals surface area contributed by atoms with Gasteiger partial charge in [0.1, 0.15) is 6.29 Å². The predicted molar refractivity (Wildman–Crippen MR) is 53.2 cm³/mol. The Morgan fingerprint density at radius 2 is 2.00 bits per heavy atom. The normalized spacial score (nSPS) is 11.7. The van der Waals surface area contributed by atoms with Gasteiger partial charge < -0.3 is 4.79 Å². The largest absolute Gasteiger partial charge is 0.303 e. The summed E-state index contributed by atoms with van der Waals surface area (Å²) >= 11 is 0. The summed E-state index contributed by atoms with van der Waals surface area (Å²) in [5, 5.41) is 0. The Morgan fingerprint density at radius 3 is 2.58 bits per heavy atom. The average Bonchev–Trinajstić information content (AvgIpc) is 2.09. The second-order valence-electron chi connectivity index (χ2n) is 3.26. The highest BCUT2D eigenvalue weighted by Gasteiger charge is 1.90. The molecule has 0 aliphatic carbocycles. The van der Waals surface area contributed by atoms with Gasteiger partial charge in [-0.2, -0.15) is 0 Å². The molecule has 0 saturated carbocycles. The number of aldehydes is 1. The zero-order valence-corrected chi connectivity index (χ0v) is 8.31. The van der Waals surface area contributed by atoms with E-state index in [1.807, 2.05) is 6.08 Å². The van der Waals surface area contributed by atoms with Crippen LogP contribution < -0.4 is 0 Å². The minimum atomic E-state index is 0.583. The molecule has 0 bridgehead atoms. The average molecular weight is 168 g/mol. The summed E-state index contributed by atoms with van der Waals surface area (Å²) in [4.78, 5) is 10.0. The maximum Gasteiger partial charge on any atom is 0.123 e. The highest BCUT2D eigenvalue weighted by atomic mass is 16.1. The molecule has 1 heteroatoms. The molecule has 0 aromatic carbocycles. The Hall–Kier alpha value is -0.590. The highest BCUT2D eigenvalue weighted by Crippen LogP contribution is 2.09. The molecule has 0 radical (unpaired) electrons. The summed E-state index contributed by atoms with van der Waals surface area (Å²) in [5.74, 6) is 0. The molecular formula is C11H20O. The molecule has 0 spiro atoms. The van der Waals surface area contributed by atoms with Crippen LogP contribution in [-0.2, 0) is 4.79 Å². The monoisotopic (exact) mass is 168 g/mol. The number of carbonyl (C=O) groups excluding carboxylic acids is 1. The molecule has 0 aromatic heterocycles. The van der Waals surface area contributed by atoms with Gasteiger partial charge in [0.15, 0.2) is 0 Å². The maximum atomic E-state index is 10.0. The second kappa shape index (κ2) is 8.51. The number of unbranched alkanes of at least 4 members (excludes halogenated alkanes) is 3. The molecule has 0 unspecified atom stereocenters. The minimum Gasteiger partial charge on any atom is -0.303 e. The lowest BCUT2D eigenvalue weighted by atomic mass is 10.1. The van der Waals surface area contributed by atoms with E-state index in [1.54, 1.807) is 0 Å². The van der Waals surface area contributed by atoms with Crippen molar-refractivity contribution in [3.63, 3.8) is 0 Å². The summed E-state index contributed by atoms with van der Waals surface area (Å²) in [6.45, 7) is 4.32. The van der Waals surface area contributed by atoms with Crippen molar-refractivity contribution in [1.82, 2.24) is 0 Å². The van der Waals surface area contributed by atoms with Crippen LogP contribution in [0.25, 0.3) is 0 Å². The Kier molecular flexibility index (Phi) is 8.09. The lowest BCUT2D eigenvalue weighted by Crippen LogP contribution is -1.80. The van der Waals surface area contributed by atoms with Gasteiger partial charge in [-0.25, -0.2) is 0 Å². The van der Waals surface area contributed by atoms with E-state index in [2.05, 4.69) is 13.8 Å². The summed E-state index contributed by atoms with van der Waals surface area (Å²) in [7, 11) is 0. The second-order valence-corrected chi connectivity index (χ2v) is 3.26. The number of hydrogen-bond donors (Lipinski definition) is 0. The van der Waals surface area contributed by atoms with E-state index in [1.165, 1.54) is 31.3 Å². The summed E-state index contributed by atoms with van der Waals surface area (Å²) in [5.41, 5.74) is 1.36. The van der Waals surface area contributed by atoms with Crippen LogP contribution in [0.3, 0.4) is 0 Å². The number of hydrogen-bond acceptors (Lipinski definition) is 1.